The van der Waals surface area contributed by atoms with Crippen molar-refractivity contribution >= 4 is 27.7 Å². The summed E-state index contributed by atoms with van der Waals surface area (Å²) in [5.41, 5.74) is 0.440. The van der Waals surface area contributed by atoms with Gasteiger partial charge < -0.3 is 5.32 Å². The van der Waals surface area contributed by atoms with Gasteiger partial charge in [0.1, 0.15) is 5.03 Å². The molecule has 6 nitrogen and oxygen atoms in total. The monoisotopic (exact) mass is 303 g/mol. The lowest BCUT2D eigenvalue weighted by molar-refractivity contribution is 0.0952. The molecule has 3 N–H and O–H groups in total. The van der Waals surface area contributed by atoms with Crippen molar-refractivity contribution in [3.05, 3.63) is 23.9 Å². The molecular weight excluding hydrogens is 286 g/mol. The molecule has 0 saturated heterocycles. The van der Waals surface area contributed by atoms with Crippen LogP contribution >= 0.6 is 11.8 Å². The molecule has 1 rings (SSSR count). The summed E-state index contributed by atoms with van der Waals surface area (Å²) < 4.78 is 21.5. The molecule has 0 saturated carbocycles. The number of primary sulfonamides is 1. The van der Waals surface area contributed by atoms with Gasteiger partial charge in [0.15, 0.2) is 0 Å². The number of nitrogens with zero attached hydrogens (tertiary/aromatic N) is 1. The van der Waals surface area contributed by atoms with Crippen molar-refractivity contribution in [2.24, 2.45) is 5.14 Å². The Morgan fingerprint density at radius 1 is 1.53 bits per heavy atom. The molecule has 0 aliphatic rings. The maximum atomic E-state index is 11.9. The van der Waals surface area contributed by atoms with Crippen LogP contribution in [0.15, 0.2) is 23.4 Å². The van der Waals surface area contributed by atoms with E-state index >= 15 is 0 Å². The molecule has 8 heteroatoms. The molecular formula is C11H17N3O3S2. The molecule has 1 aromatic heterocycles. The number of carbonyl (C=O) groups excluding carboxylic acids is 1. The summed E-state index contributed by atoms with van der Waals surface area (Å²) >= 11 is 1.48. The lowest BCUT2D eigenvalue weighted by Crippen LogP contribution is -2.31. The van der Waals surface area contributed by atoms with E-state index in [1.54, 1.807) is 18.3 Å². The van der Waals surface area contributed by atoms with E-state index in [1.807, 2.05) is 13.8 Å². The Hall–Kier alpha value is -1.12. The Bertz CT molecular complexity index is 544. The van der Waals surface area contributed by atoms with Gasteiger partial charge in [0.25, 0.3) is 5.91 Å². The van der Waals surface area contributed by atoms with E-state index in [0.717, 1.165) is 0 Å². The van der Waals surface area contributed by atoms with E-state index in [2.05, 4.69) is 10.3 Å². The Kier molecular flexibility index (Phi) is 5.77. The van der Waals surface area contributed by atoms with Gasteiger partial charge in [-0.3, -0.25) is 4.79 Å². The van der Waals surface area contributed by atoms with E-state index < -0.39 is 10.0 Å². The van der Waals surface area contributed by atoms with Crippen molar-refractivity contribution in [3.63, 3.8) is 0 Å². The fourth-order valence-electron chi connectivity index (χ4n) is 1.28. The third kappa shape index (κ3) is 6.04. The van der Waals surface area contributed by atoms with Crippen LogP contribution in [-0.4, -0.2) is 36.9 Å². The minimum absolute atomic E-state index is 0.0155. The smallest absolute Gasteiger partial charge is 0.254 e. The van der Waals surface area contributed by atoms with Crippen LogP contribution in [0.4, 0.5) is 0 Å². The van der Waals surface area contributed by atoms with Crippen LogP contribution in [0.2, 0.25) is 0 Å². The van der Waals surface area contributed by atoms with Gasteiger partial charge in [0.2, 0.25) is 10.0 Å². The summed E-state index contributed by atoms with van der Waals surface area (Å²) in [5.74, 6) is -0.633. The van der Waals surface area contributed by atoms with Crippen LogP contribution in [0.25, 0.3) is 0 Å². The lowest BCUT2D eigenvalue weighted by atomic mass is 10.3. The number of hydrogen-bond acceptors (Lipinski definition) is 5. The minimum Gasteiger partial charge on any atom is -0.351 e. The highest BCUT2D eigenvalue weighted by atomic mass is 32.2. The zero-order chi connectivity index (χ0) is 14.5. The number of amides is 1. The van der Waals surface area contributed by atoms with Crippen LogP contribution in [0.5, 0.6) is 0 Å². The van der Waals surface area contributed by atoms with E-state index in [9.17, 15) is 13.2 Å². The topological polar surface area (TPSA) is 102 Å². The number of hydrogen-bond donors (Lipinski definition) is 2. The average molecular weight is 303 g/mol. The number of nitrogens with one attached hydrogen (secondary N) is 1. The zero-order valence-electron chi connectivity index (χ0n) is 10.8. The normalized spacial score (nSPS) is 11.6. The fourth-order valence-corrected chi connectivity index (χ4v) is 2.53. The maximum absolute atomic E-state index is 11.9. The molecule has 0 radical (unpaired) electrons. The van der Waals surface area contributed by atoms with Crippen molar-refractivity contribution in [1.82, 2.24) is 10.3 Å². The van der Waals surface area contributed by atoms with Gasteiger partial charge in [-0.05, 0) is 12.1 Å². The van der Waals surface area contributed by atoms with Crippen molar-refractivity contribution in [3.8, 4) is 0 Å². The molecule has 19 heavy (non-hydrogen) atoms. The summed E-state index contributed by atoms with van der Waals surface area (Å²) in [7, 11) is -3.57. The number of thioether (sulfide) groups is 1. The molecule has 0 atom stereocenters. The SMILES string of the molecule is CC(C)Sc1ncccc1C(=O)NCCS(N)(=O)=O. The summed E-state index contributed by atoms with van der Waals surface area (Å²) in [6.45, 7) is 3.99. The van der Waals surface area contributed by atoms with E-state index in [4.69, 9.17) is 5.14 Å². The average Bonchev–Trinajstić information content (AvgIpc) is 2.27. The summed E-state index contributed by atoms with van der Waals surface area (Å²) in [6.07, 6.45) is 1.62. The molecule has 1 amide bonds. The molecule has 0 unspecified atom stereocenters. The summed E-state index contributed by atoms with van der Waals surface area (Å²) in [5, 5.41) is 8.31. The molecule has 0 bridgehead atoms. The molecule has 1 aromatic rings. The first-order valence-electron chi connectivity index (χ1n) is 5.70. The van der Waals surface area contributed by atoms with Crippen LogP contribution in [0.1, 0.15) is 24.2 Å². The lowest BCUT2D eigenvalue weighted by Gasteiger charge is -2.10. The van der Waals surface area contributed by atoms with E-state index in [0.29, 0.717) is 15.8 Å². The quantitative estimate of drug-likeness (QED) is 0.749. The number of aromatic nitrogens is 1. The van der Waals surface area contributed by atoms with Crippen LogP contribution in [0, 0.1) is 0 Å². The standard InChI is InChI=1S/C11H17N3O3S2/c1-8(2)18-11-9(4-3-5-14-11)10(15)13-6-7-19(12,16)17/h3-5,8H,6-7H2,1-2H3,(H,13,15)(H2,12,16,17). The van der Waals surface area contributed by atoms with Crippen LogP contribution in [-0.2, 0) is 10.0 Å². The van der Waals surface area contributed by atoms with Gasteiger partial charge in [-0.2, -0.15) is 0 Å². The number of sulfonamides is 1. The Balaban J connectivity index is 2.71. The molecule has 0 aliphatic carbocycles. The van der Waals surface area contributed by atoms with Crippen LogP contribution < -0.4 is 10.5 Å². The number of carbonyl (C=O) groups is 1. The predicted octanol–water partition coefficient (Wildman–Crippen LogP) is 0.600. The highest BCUT2D eigenvalue weighted by molar-refractivity contribution is 7.99. The van der Waals surface area contributed by atoms with Crippen LogP contribution in [0.3, 0.4) is 0 Å². The van der Waals surface area contributed by atoms with Crippen molar-refractivity contribution in [1.29, 1.82) is 0 Å². The molecule has 1 heterocycles. The summed E-state index contributed by atoms with van der Waals surface area (Å²) in [4.78, 5) is 16.1. The van der Waals surface area contributed by atoms with Crippen molar-refractivity contribution < 1.29 is 13.2 Å². The minimum atomic E-state index is -3.57. The molecule has 0 spiro atoms. The van der Waals surface area contributed by atoms with Gasteiger partial charge in [0, 0.05) is 18.0 Å². The van der Waals surface area contributed by atoms with Gasteiger partial charge in [-0.25, -0.2) is 18.5 Å². The number of rotatable bonds is 6. The second-order valence-corrected chi connectivity index (χ2v) is 7.44. The van der Waals surface area contributed by atoms with Gasteiger partial charge in [0.05, 0.1) is 11.3 Å². The highest BCUT2D eigenvalue weighted by Gasteiger charge is 2.14. The third-order valence-electron chi connectivity index (χ3n) is 2.04. The molecule has 106 valence electrons. The predicted molar refractivity (Wildman–Crippen MR) is 75.5 cm³/mol. The fraction of sp³-hybridized carbons (Fsp3) is 0.455. The Labute approximate surface area is 117 Å². The largest absolute Gasteiger partial charge is 0.351 e. The molecule has 0 aliphatic heterocycles. The van der Waals surface area contributed by atoms with E-state index in [-0.39, 0.29) is 18.2 Å². The van der Waals surface area contributed by atoms with Crippen molar-refractivity contribution in [2.45, 2.75) is 24.1 Å². The second-order valence-electron chi connectivity index (χ2n) is 4.15. The van der Waals surface area contributed by atoms with Gasteiger partial charge in [-0.1, -0.05) is 13.8 Å². The Morgan fingerprint density at radius 2 is 2.21 bits per heavy atom. The second kappa shape index (κ2) is 6.88. The third-order valence-corrected chi connectivity index (χ3v) is 3.83. The van der Waals surface area contributed by atoms with Gasteiger partial charge in [-0.15, -0.1) is 11.8 Å². The number of nitrogens with two attached hydrogens (primary N) is 1. The first kappa shape index (κ1) is 15.9. The first-order chi connectivity index (χ1) is 8.79. The summed E-state index contributed by atoms with van der Waals surface area (Å²) in [6, 6.07) is 3.32. The van der Waals surface area contributed by atoms with Gasteiger partial charge >= 0.3 is 0 Å². The molecule has 0 aromatic carbocycles. The Morgan fingerprint density at radius 3 is 2.79 bits per heavy atom. The van der Waals surface area contributed by atoms with E-state index in [1.165, 1.54) is 11.8 Å². The zero-order valence-corrected chi connectivity index (χ0v) is 12.4. The number of pyridine rings is 1. The highest BCUT2D eigenvalue weighted by Crippen LogP contribution is 2.23. The maximum Gasteiger partial charge on any atom is 0.254 e. The molecule has 0 fully saturated rings. The van der Waals surface area contributed by atoms with Crippen molar-refractivity contribution in [2.75, 3.05) is 12.3 Å². The first-order valence-corrected chi connectivity index (χ1v) is 8.29.